The van der Waals surface area contributed by atoms with E-state index in [2.05, 4.69) is 12.2 Å². The van der Waals surface area contributed by atoms with Gasteiger partial charge >= 0.3 is 0 Å². The molecule has 2 fully saturated rings. The lowest BCUT2D eigenvalue weighted by Crippen LogP contribution is -2.57. The quantitative estimate of drug-likeness (QED) is 0.501. The molecule has 38 heavy (non-hydrogen) atoms. The lowest BCUT2D eigenvalue weighted by Gasteiger charge is -2.42. The van der Waals surface area contributed by atoms with E-state index in [0.29, 0.717) is 18.5 Å². The first kappa shape index (κ1) is 25.9. The van der Waals surface area contributed by atoms with E-state index in [1.54, 1.807) is 35.2 Å². The number of amides is 2. The Morgan fingerprint density at radius 2 is 1.50 bits per heavy atom. The van der Waals surface area contributed by atoms with Crippen LogP contribution in [-0.2, 0) is 26.0 Å². The van der Waals surface area contributed by atoms with Crippen LogP contribution in [0.2, 0.25) is 0 Å². The Morgan fingerprint density at radius 1 is 0.895 bits per heavy atom. The minimum Gasteiger partial charge on any atom is -0.339 e. The highest BCUT2D eigenvalue weighted by molar-refractivity contribution is 7.89. The van der Waals surface area contributed by atoms with Crippen molar-refractivity contribution in [3.05, 3.63) is 90.5 Å². The van der Waals surface area contributed by atoms with Crippen molar-refractivity contribution in [2.75, 3.05) is 36.5 Å². The second-order valence-electron chi connectivity index (χ2n) is 9.76. The van der Waals surface area contributed by atoms with Crippen molar-refractivity contribution < 1.29 is 18.0 Å². The van der Waals surface area contributed by atoms with Crippen LogP contribution >= 0.6 is 0 Å². The average molecular weight is 533 g/mol. The van der Waals surface area contributed by atoms with Crippen LogP contribution in [0, 0.1) is 0 Å². The van der Waals surface area contributed by atoms with Gasteiger partial charge in [-0.2, -0.15) is 4.31 Å². The van der Waals surface area contributed by atoms with E-state index in [1.165, 1.54) is 9.87 Å². The lowest BCUT2D eigenvalue weighted by atomic mass is 9.86. The van der Waals surface area contributed by atoms with Gasteiger partial charge in [0.05, 0.1) is 11.6 Å². The Hall–Kier alpha value is -3.69. The predicted octanol–water partition coefficient (Wildman–Crippen LogP) is 3.72. The first-order valence-electron chi connectivity index (χ1n) is 12.9. The fraction of sp³-hybridized carbons (Fsp3) is 0.310. The monoisotopic (exact) mass is 532 g/mol. The van der Waals surface area contributed by atoms with E-state index in [1.807, 2.05) is 59.5 Å². The third-order valence-electron chi connectivity index (χ3n) is 7.49. The molecule has 8 nitrogen and oxygen atoms in total. The van der Waals surface area contributed by atoms with Crippen molar-refractivity contribution in [3.63, 3.8) is 0 Å². The molecule has 0 radical (unpaired) electrons. The average Bonchev–Trinajstić information content (AvgIpc) is 3.20. The molecule has 0 atom stereocenters. The Kier molecular flexibility index (Phi) is 7.23. The summed E-state index contributed by atoms with van der Waals surface area (Å²) in [5, 5.41) is 2.89. The molecular formula is C29H32N4O4S. The van der Waals surface area contributed by atoms with Gasteiger partial charge in [-0.25, -0.2) is 8.42 Å². The molecule has 9 heteroatoms. The van der Waals surface area contributed by atoms with E-state index >= 15 is 0 Å². The fourth-order valence-electron chi connectivity index (χ4n) is 5.36. The summed E-state index contributed by atoms with van der Waals surface area (Å²) in [6, 6.07) is 25.7. The van der Waals surface area contributed by atoms with Gasteiger partial charge in [0.2, 0.25) is 21.8 Å². The fourth-order valence-corrected chi connectivity index (χ4v) is 6.82. The van der Waals surface area contributed by atoms with Crippen LogP contribution in [0.1, 0.15) is 25.3 Å². The number of sulfonamides is 1. The Balaban J connectivity index is 1.35. The summed E-state index contributed by atoms with van der Waals surface area (Å²) >= 11 is 0. The number of rotatable bonds is 7. The van der Waals surface area contributed by atoms with Gasteiger partial charge in [0.25, 0.3) is 0 Å². The number of anilines is 2. The zero-order valence-corrected chi connectivity index (χ0v) is 22.2. The standard InChI is InChI=1S/C29H32N4O4S/c1-2-23-13-15-24(16-14-23)30-27(34)21-31-22-33(25-9-5-3-6-10-25)29(28(31)35)17-19-32(20-18-29)38(36,37)26-11-7-4-8-12-26/h3-16H,2,17-22H2,1H3,(H,30,34). The highest BCUT2D eigenvalue weighted by Gasteiger charge is 2.55. The largest absolute Gasteiger partial charge is 0.339 e. The molecule has 0 aliphatic carbocycles. The highest BCUT2D eigenvalue weighted by Crippen LogP contribution is 2.40. The van der Waals surface area contributed by atoms with E-state index in [-0.39, 0.29) is 43.0 Å². The summed E-state index contributed by atoms with van der Waals surface area (Å²) in [4.78, 5) is 30.7. The number of hydrogen-bond donors (Lipinski definition) is 1. The highest BCUT2D eigenvalue weighted by atomic mass is 32.2. The van der Waals surface area contributed by atoms with Gasteiger partial charge in [-0.1, -0.05) is 55.5 Å². The molecular weight excluding hydrogens is 500 g/mol. The van der Waals surface area contributed by atoms with Crippen LogP contribution < -0.4 is 10.2 Å². The van der Waals surface area contributed by atoms with Crippen LogP contribution in [0.4, 0.5) is 11.4 Å². The number of para-hydroxylation sites is 1. The van der Waals surface area contributed by atoms with Crippen molar-refractivity contribution in [1.29, 1.82) is 0 Å². The van der Waals surface area contributed by atoms with Crippen LogP contribution in [-0.4, -0.2) is 61.3 Å². The van der Waals surface area contributed by atoms with E-state index < -0.39 is 15.6 Å². The topological polar surface area (TPSA) is 90.0 Å². The van der Waals surface area contributed by atoms with Gasteiger partial charge in [0.1, 0.15) is 12.1 Å². The van der Waals surface area contributed by atoms with Crippen molar-refractivity contribution in [2.24, 2.45) is 0 Å². The van der Waals surface area contributed by atoms with E-state index in [4.69, 9.17) is 0 Å². The van der Waals surface area contributed by atoms with E-state index in [9.17, 15) is 18.0 Å². The summed E-state index contributed by atoms with van der Waals surface area (Å²) in [5.41, 5.74) is 1.83. The molecule has 0 aromatic heterocycles. The maximum Gasteiger partial charge on any atom is 0.250 e. The van der Waals surface area contributed by atoms with Crippen LogP contribution in [0.25, 0.3) is 0 Å². The first-order chi connectivity index (χ1) is 18.3. The Morgan fingerprint density at radius 3 is 2.11 bits per heavy atom. The Labute approximate surface area is 223 Å². The lowest BCUT2D eigenvalue weighted by molar-refractivity contribution is -0.136. The molecule has 2 aliphatic heterocycles. The van der Waals surface area contributed by atoms with Crippen molar-refractivity contribution in [2.45, 2.75) is 36.6 Å². The summed E-state index contributed by atoms with van der Waals surface area (Å²) in [6.07, 6.45) is 1.59. The summed E-state index contributed by atoms with van der Waals surface area (Å²) < 4.78 is 27.9. The molecule has 2 aliphatic rings. The van der Waals surface area contributed by atoms with Gasteiger partial charge in [-0.15, -0.1) is 0 Å². The van der Waals surface area contributed by atoms with Gasteiger partial charge in [-0.3, -0.25) is 9.59 Å². The molecule has 3 aromatic carbocycles. The normalized spacial score (nSPS) is 17.7. The number of hydrogen-bond acceptors (Lipinski definition) is 5. The van der Waals surface area contributed by atoms with Crippen molar-refractivity contribution in [3.8, 4) is 0 Å². The number of nitrogens with zero attached hydrogens (tertiary/aromatic N) is 3. The smallest absolute Gasteiger partial charge is 0.250 e. The number of aryl methyl sites for hydroxylation is 1. The molecule has 5 rings (SSSR count). The molecule has 0 saturated carbocycles. The number of carbonyl (C=O) groups is 2. The van der Waals surface area contributed by atoms with Gasteiger partial charge < -0.3 is 15.1 Å². The number of piperidine rings is 1. The predicted molar refractivity (Wildman–Crippen MR) is 147 cm³/mol. The second kappa shape index (κ2) is 10.6. The number of nitrogens with one attached hydrogen (secondary N) is 1. The Bertz CT molecular complexity index is 1390. The maximum absolute atomic E-state index is 13.9. The molecule has 0 unspecified atom stereocenters. The molecule has 3 aromatic rings. The molecule has 1 spiro atoms. The van der Waals surface area contributed by atoms with Crippen molar-refractivity contribution in [1.82, 2.24) is 9.21 Å². The molecule has 0 bridgehead atoms. The third kappa shape index (κ3) is 4.91. The zero-order chi connectivity index (χ0) is 26.8. The number of carbonyl (C=O) groups excluding carboxylic acids is 2. The minimum atomic E-state index is -3.65. The SMILES string of the molecule is CCc1ccc(NC(=O)CN2CN(c3ccccc3)C3(CCN(S(=O)(=O)c4ccccc4)CC3)C2=O)cc1. The molecule has 2 amide bonds. The molecule has 1 N–H and O–H groups in total. The van der Waals surface area contributed by atoms with Crippen molar-refractivity contribution >= 4 is 33.2 Å². The molecule has 198 valence electrons. The van der Waals surface area contributed by atoms with Crippen LogP contribution in [0.5, 0.6) is 0 Å². The number of benzene rings is 3. The van der Waals surface area contributed by atoms with Gasteiger partial charge in [0, 0.05) is 24.5 Å². The van der Waals surface area contributed by atoms with Gasteiger partial charge in [0.15, 0.2) is 0 Å². The first-order valence-corrected chi connectivity index (χ1v) is 14.3. The van der Waals surface area contributed by atoms with Gasteiger partial charge in [-0.05, 0) is 61.2 Å². The van der Waals surface area contributed by atoms with Crippen LogP contribution in [0.3, 0.4) is 0 Å². The summed E-state index contributed by atoms with van der Waals surface area (Å²) in [5.74, 6) is -0.411. The third-order valence-corrected chi connectivity index (χ3v) is 9.41. The maximum atomic E-state index is 13.9. The molecule has 2 heterocycles. The minimum absolute atomic E-state index is 0.0779. The second-order valence-corrected chi connectivity index (χ2v) is 11.7. The van der Waals surface area contributed by atoms with E-state index in [0.717, 1.165) is 12.1 Å². The molecule has 2 saturated heterocycles. The summed E-state index contributed by atoms with van der Waals surface area (Å²) in [6.45, 7) is 2.69. The van der Waals surface area contributed by atoms with Crippen LogP contribution in [0.15, 0.2) is 89.8 Å². The zero-order valence-electron chi connectivity index (χ0n) is 21.4. The summed E-state index contributed by atoms with van der Waals surface area (Å²) in [7, 11) is -3.65.